The molecule has 0 spiro atoms. The van der Waals surface area contributed by atoms with E-state index in [4.69, 9.17) is 5.73 Å². The number of carbonyl (C=O) groups is 1. The number of carbonyl (C=O) groups excluding carboxylic acids is 1. The van der Waals surface area contributed by atoms with E-state index in [2.05, 4.69) is 5.32 Å². The van der Waals surface area contributed by atoms with Gasteiger partial charge in [0.15, 0.2) is 0 Å². The monoisotopic (exact) mass is 303 g/mol. The number of rotatable bonds is 6. The van der Waals surface area contributed by atoms with Gasteiger partial charge in [0.1, 0.15) is 0 Å². The molecule has 116 valence electrons. The summed E-state index contributed by atoms with van der Waals surface area (Å²) in [5.41, 5.74) is 5.74. The molecule has 1 aliphatic carbocycles. The average molecular weight is 303 g/mol. The molecule has 0 radical (unpaired) electrons. The summed E-state index contributed by atoms with van der Waals surface area (Å²) in [5.74, 6) is 0.608. The molecule has 1 heterocycles. The van der Waals surface area contributed by atoms with Gasteiger partial charge >= 0.3 is 0 Å². The van der Waals surface area contributed by atoms with Crippen LogP contribution in [0.3, 0.4) is 0 Å². The molecule has 1 saturated heterocycles. The summed E-state index contributed by atoms with van der Waals surface area (Å²) in [4.78, 5) is 11.9. The number of nitrogens with zero attached hydrogens (tertiary/aromatic N) is 1. The molecular formula is C13H25N3O3S. The molecule has 20 heavy (non-hydrogen) atoms. The fourth-order valence-electron chi connectivity index (χ4n) is 3.18. The molecule has 0 aromatic heterocycles. The summed E-state index contributed by atoms with van der Waals surface area (Å²) >= 11 is 0. The lowest BCUT2D eigenvalue weighted by Crippen LogP contribution is -2.45. The molecule has 7 heteroatoms. The summed E-state index contributed by atoms with van der Waals surface area (Å²) in [6.45, 7) is 1.28. The lowest BCUT2D eigenvalue weighted by molar-refractivity contribution is -0.122. The smallest absolute Gasteiger partial charge is 0.221 e. The van der Waals surface area contributed by atoms with Gasteiger partial charge in [0.25, 0.3) is 0 Å². The quantitative estimate of drug-likeness (QED) is 0.725. The lowest BCUT2D eigenvalue weighted by atomic mass is 9.98. The zero-order valence-electron chi connectivity index (χ0n) is 11.9. The summed E-state index contributed by atoms with van der Waals surface area (Å²) < 4.78 is 24.7. The Bertz CT molecular complexity index is 432. The Hall–Kier alpha value is -0.660. The van der Waals surface area contributed by atoms with E-state index in [1.165, 1.54) is 17.1 Å². The van der Waals surface area contributed by atoms with Crippen molar-refractivity contribution in [1.82, 2.24) is 9.62 Å². The first kappa shape index (κ1) is 15.7. The molecule has 0 aromatic rings. The number of hydrogen-bond acceptors (Lipinski definition) is 4. The average Bonchev–Trinajstić information content (AvgIpc) is 3.03. The largest absolute Gasteiger partial charge is 0.352 e. The first-order valence-corrected chi connectivity index (χ1v) is 9.11. The van der Waals surface area contributed by atoms with E-state index < -0.39 is 10.0 Å². The fourth-order valence-corrected chi connectivity index (χ4v) is 4.71. The van der Waals surface area contributed by atoms with Gasteiger partial charge in [-0.1, -0.05) is 12.8 Å². The maximum absolute atomic E-state index is 11.9. The minimum absolute atomic E-state index is 0.0418. The molecule has 1 saturated carbocycles. The van der Waals surface area contributed by atoms with Gasteiger partial charge in [-0.3, -0.25) is 4.79 Å². The van der Waals surface area contributed by atoms with Crippen molar-refractivity contribution in [3.05, 3.63) is 0 Å². The Balaban J connectivity index is 1.77. The van der Waals surface area contributed by atoms with E-state index in [1.54, 1.807) is 0 Å². The van der Waals surface area contributed by atoms with E-state index in [0.717, 1.165) is 12.8 Å². The van der Waals surface area contributed by atoms with Gasteiger partial charge in [-0.15, -0.1) is 0 Å². The van der Waals surface area contributed by atoms with Crippen molar-refractivity contribution < 1.29 is 13.2 Å². The highest BCUT2D eigenvalue weighted by atomic mass is 32.2. The van der Waals surface area contributed by atoms with Crippen LogP contribution >= 0.6 is 0 Å². The van der Waals surface area contributed by atoms with Crippen LogP contribution in [-0.2, 0) is 14.8 Å². The molecule has 1 aliphatic heterocycles. The lowest BCUT2D eigenvalue weighted by Gasteiger charge is -2.23. The van der Waals surface area contributed by atoms with E-state index >= 15 is 0 Å². The summed E-state index contributed by atoms with van der Waals surface area (Å²) in [6, 6.07) is 0.0418. The van der Waals surface area contributed by atoms with E-state index in [0.29, 0.717) is 25.4 Å². The normalized spacial score (nSPS) is 24.9. The third kappa shape index (κ3) is 3.93. The number of nitrogens with one attached hydrogen (secondary N) is 1. The van der Waals surface area contributed by atoms with Crippen LogP contribution in [0.4, 0.5) is 0 Å². The fraction of sp³-hybridized carbons (Fsp3) is 0.923. The van der Waals surface area contributed by atoms with Crippen molar-refractivity contribution in [3.63, 3.8) is 0 Å². The van der Waals surface area contributed by atoms with Gasteiger partial charge in [-0.25, -0.2) is 12.7 Å². The highest BCUT2D eigenvalue weighted by Gasteiger charge is 2.29. The molecule has 1 atom stereocenters. The highest BCUT2D eigenvalue weighted by Crippen LogP contribution is 2.27. The SMILES string of the molecule is NCC(NC(=O)CCN1CCCS1(=O)=O)C1CCCC1. The highest BCUT2D eigenvalue weighted by molar-refractivity contribution is 7.89. The van der Waals surface area contributed by atoms with Crippen LogP contribution in [0.15, 0.2) is 0 Å². The predicted molar refractivity (Wildman–Crippen MR) is 77.5 cm³/mol. The van der Waals surface area contributed by atoms with Crippen LogP contribution in [0.2, 0.25) is 0 Å². The zero-order valence-corrected chi connectivity index (χ0v) is 12.7. The van der Waals surface area contributed by atoms with Crippen molar-refractivity contribution in [2.45, 2.75) is 44.6 Å². The van der Waals surface area contributed by atoms with Gasteiger partial charge in [0.2, 0.25) is 15.9 Å². The Morgan fingerprint density at radius 3 is 2.55 bits per heavy atom. The van der Waals surface area contributed by atoms with Crippen LogP contribution in [0, 0.1) is 5.92 Å². The molecule has 2 aliphatic rings. The second-order valence-electron chi connectivity index (χ2n) is 5.77. The molecule has 0 bridgehead atoms. The molecule has 6 nitrogen and oxygen atoms in total. The van der Waals surface area contributed by atoms with Crippen LogP contribution in [0.5, 0.6) is 0 Å². The standard InChI is InChI=1S/C13H25N3O3S/c14-10-12(11-4-1-2-5-11)15-13(17)6-8-16-7-3-9-20(16,18)19/h11-12H,1-10,14H2,(H,15,17). The van der Waals surface area contributed by atoms with Crippen molar-refractivity contribution >= 4 is 15.9 Å². The van der Waals surface area contributed by atoms with Gasteiger partial charge in [-0.05, 0) is 25.2 Å². The van der Waals surface area contributed by atoms with Crippen molar-refractivity contribution in [2.24, 2.45) is 11.7 Å². The van der Waals surface area contributed by atoms with Crippen molar-refractivity contribution in [2.75, 3.05) is 25.4 Å². The molecule has 2 fully saturated rings. The number of amides is 1. The summed E-state index contributed by atoms with van der Waals surface area (Å²) in [7, 11) is -3.10. The molecular weight excluding hydrogens is 278 g/mol. The number of nitrogens with two attached hydrogens (primary N) is 1. The molecule has 3 N–H and O–H groups in total. The first-order chi connectivity index (χ1) is 9.53. The molecule has 1 amide bonds. The van der Waals surface area contributed by atoms with Crippen molar-refractivity contribution in [1.29, 1.82) is 0 Å². The van der Waals surface area contributed by atoms with E-state index in [1.807, 2.05) is 0 Å². The maximum Gasteiger partial charge on any atom is 0.221 e. The van der Waals surface area contributed by atoms with Crippen LogP contribution in [-0.4, -0.2) is 50.1 Å². The summed E-state index contributed by atoms with van der Waals surface area (Å²) in [5, 5.41) is 2.97. The number of hydrogen-bond donors (Lipinski definition) is 2. The summed E-state index contributed by atoms with van der Waals surface area (Å²) in [6.07, 6.45) is 5.57. The molecule has 2 rings (SSSR count). The predicted octanol–water partition coefficient (Wildman–Crippen LogP) is 0.0457. The minimum atomic E-state index is -3.10. The Kier molecular flexibility index (Phi) is 5.40. The number of sulfonamides is 1. The van der Waals surface area contributed by atoms with E-state index in [9.17, 15) is 13.2 Å². The van der Waals surface area contributed by atoms with Crippen LogP contribution in [0.25, 0.3) is 0 Å². The third-order valence-electron chi connectivity index (χ3n) is 4.36. The van der Waals surface area contributed by atoms with Crippen LogP contribution < -0.4 is 11.1 Å². The van der Waals surface area contributed by atoms with Gasteiger partial charge in [0.05, 0.1) is 5.75 Å². The van der Waals surface area contributed by atoms with Gasteiger partial charge < -0.3 is 11.1 Å². The molecule has 1 unspecified atom stereocenters. The van der Waals surface area contributed by atoms with Gasteiger partial charge in [0, 0.05) is 32.1 Å². The Morgan fingerprint density at radius 1 is 1.30 bits per heavy atom. The zero-order chi connectivity index (χ0) is 14.6. The molecule has 0 aromatic carbocycles. The van der Waals surface area contributed by atoms with Crippen molar-refractivity contribution in [3.8, 4) is 0 Å². The minimum Gasteiger partial charge on any atom is -0.352 e. The van der Waals surface area contributed by atoms with E-state index in [-0.39, 0.29) is 30.7 Å². The maximum atomic E-state index is 11.9. The van der Waals surface area contributed by atoms with Gasteiger partial charge in [-0.2, -0.15) is 0 Å². The third-order valence-corrected chi connectivity index (χ3v) is 6.32. The first-order valence-electron chi connectivity index (χ1n) is 7.50. The topological polar surface area (TPSA) is 92.5 Å². The second-order valence-corrected chi connectivity index (χ2v) is 7.86. The second kappa shape index (κ2) is 6.87. The van der Waals surface area contributed by atoms with Crippen LogP contribution in [0.1, 0.15) is 38.5 Å². The Labute approximate surface area is 121 Å². The Morgan fingerprint density at radius 2 is 2.00 bits per heavy atom.